The Morgan fingerprint density at radius 2 is 2.00 bits per heavy atom. The van der Waals surface area contributed by atoms with Crippen LogP contribution in [0.25, 0.3) is 22.6 Å². The molecule has 0 atom stereocenters. The van der Waals surface area contributed by atoms with Crippen LogP contribution >= 0.6 is 46.8 Å². The average molecular weight is 448 g/mol. The lowest BCUT2D eigenvalue weighted by atomic mass is 10.2. The van der Waals surface area contributed by atoms with E-state index in [1.807, 2.05) is 5.38 Å². The topological polar surface area (TPSA) is 67.2 Å². The number of benzene rings is 2. The number of hydrogen-bond donors (Lipinski definition) is 2. The van der Waals surface area contributed by atoms with E-state index in [2.05, 4.69) is 15.6 Å². The van der Waals surface area contributed by atoms with Crippen LogP contribution in [0, 0.1) is 0 Å². The van der Waals surface area contributed by atoms with Crippen LogP contribution in [0.1, 0.15) is 9.67 Å². The standard InChI is InChI=1S/C19H11Cl2N3O2S2/c20-10-3-5-13(21)12(8-10)18-23-14-9-11(4-6-15(14)26-18)22-19(27)24-17(25)16-2-1-7-28-16/h1-9H,(H2,22,24,25,27). The Morgan fingerprint density at radius 3 is 2.79 bits per heavy atom. The molecule has 2 heterocycles. The number of carbonyl (C=O) groups is 1. The van der Waals surface area contributed by atoms with Gasteiger partial charge >= 0.3 is 0 Å². The maximum Gasteiger partial charge on any atom is 0.267 e. The molecule has 28 heavy (non-hydrogen) atoms. The largest absolute Gasteiger partial charge is 0.436 e. The van der Waals surface area contributed by atoms with E-state index in [9.17, 15) is 4.79 Å². The van der Waals surface area contributed by atoms with Gasteiger partial charge in [-0.15, -0.1) is 11.3 Å². The second-order valence-corrected chi connectivity index (χ2v) is 7.91. The molecule has 9 heteroatoms. The molecule has 2 N–H and O–H groups in total. The first-order chi connectivity index (χ1) is 13.5. The molecular formula is C19H11Cl2N3O2S2. The number of aromatic nitrogens is 1. The highest BCUT2D eigenvalue weighted by molar-refractivity contribution is 7.80. The second kappa shape index (κ2) is 7.89. The average Bonchev–Trinajstić information content (AvgIpc) is 3.32. The monoisotopic (exact) mass is 447 g/mol. The number of nitrogens with one attached hydrogen (secondary N) is 2. The summed E-state index contributed by atoms with van der Waals surface area (Å²) < 4.78 is 5.78. The second-order valence-electron chi connectivity index (χ2n) is 5.71. The Morgan fingerprint density at radius 1 is 1.14 bits per heavy atom. The third kappa shape index (κ3) is 4.02. The van der Waals surface area contributed by atoms with Gasteiger partial charge in [0.2, 0.25) is 5.89 Å². The molecule has 1 amide bonds. The minimum absolute atomic E-state index is 0.194. The molecule has 2 aromatic heterocycles. The first-order valence-corrected chi connectivity index (χ1v) is 10.1. The van der Waals surface area contributed by atoms with Crippen molar-refractivity contribution in [2.45, 2.75) is 0 Å². The van der Waals surface area contributed by atoms with Crippen LogP contribution in [0.2, 0.25) is 10.0 Å². The summed E-state index contributed by atoms with van der Waals surface area (Å²) >= 11 is 18.8. The van der Waals surface area contributed by atoms with Gasteiger partial charge in [-0.3, -0.25) is 10.1 Å². The van der Waals surface area contributed by atoms with Gasteiger partial charge in [-0.05, 0) is 60.1 Å². The van der Waals surface area contributed by atoms with Crippen LogP contribution < -0.4 is 10.6 Å². The fourth-order valence-electron chi connectivity index (χ4n) is 2.52. The molecule has 0 radical (unpaired) electrons. The predicted octanol–water partition coefficient (Wildman–Crippen LogP) is 5.99. The fraction of sp³-hybridized carbons (Fsp3) is 0. The summed E-state index contributed by atoms with van der Waals surface area (Å²) in [5.41, 5.74) is 2.48. The Hall–Kier alpha value is -2.45. The van der Waals surface area contributed by atoms with Crippen molar-refractivity contribution in [3.05, 3.63) is 68.8 Å². The van der Waals surface area contributed by atoms with E-state index < -0.39 is 0 Å². The third-order valence-electron chi connectivity index (χ3n) is 3.78. The van der Waals surface area contributed by atoms with E-state index in [0.717, 1.165) is 0 Å². The number of thiophene rings is 1. The van der Waals surface area contributed by atoms with Crippen molar-refractivity contribution >= 4 is 74.6 Å². The van der Waals surface area contributed by atoms with Crippen LogP contribution in [0.5, 0.6) is 0 Å². The zero-order valence-electron chi connectivity index (χ0n) is 14.0. The molecule has 0 unspecified atom stereocenters. The highest BCUT2D eigenvalue weighted by atomic mass is 35.5. The minimum Gasteiger partial charge on any atom is -0.436 e. The van der Waals surface area contributed by atoms with Crippen LogP contribution in [-0.2, 0) is 0 Å². The predicted molar refractivity (Wildman–Crippen MR) is 117 cm³/mol. The van der Waals surface area contributed by atoms with Gasteiger partial charge < -0.3 is 9.73 Å². The van der Waals surface area contributed by atoms with Gasteiger partial charge in [-0.1, -0.05) is 29.3 Å². The van der Waals surface area contributed by atoms with Crippen molar-refractivity contribution in [1.82, 2.24) is 10.3 Å². The third-order valence-corrected chi connectivity index (χ3v) is 5.41. The van der Waals surface area contributed by atoms with Crippen LogP contribution in [0.15, 0.2) is 58.3 Å². The van der Waals surface area contributed by atoms with E-state index in [0.29, 0.717) is 43.2 Å². The number of fused-ring (bicyclic) bond motifs is 1. The Labute approximate surface area is 179 Å². The zero-order chi connectivity index (χ0) is 19.7. The lowest BCUT2D eigenvalue weighted by molar-refractivity contribution is 0.0981. The molecule has 0 aliphatic rings. The van der Waals surface area contributed by atoms with Gasteiger partial charge in [0, 0.05) is 10.7 Å². The molecule has 5 nitrogen and oxygen atoms in total. The van der Waals surface area contributed by atoms with Crippen molar-refractivity contribution < 1.29 is 9.21 Å². The summed E-state index contributed by atoms with van der Waals surface area (Å²) in [4.78, 5) is 17.1. The molecular weight excluding hydrogens is 437 g/mol. The number of carbonyl (C=O) groups excluding carboxylic acids is 1. The first-order valence-electron chi connectivity index (χ1n) is 8.01. The Kier molecular flexibility index (Phi) is 5.32. The Bertz CT molecular complexity index is 1190. The summed E-state index contributed by atoms with van der Waals surface area (Å²) in [6, 6.07) is 13.9. The smallest absolute Gasteiger partial charge is 0.267 e. The molecule has 140 valence electrons. The number of rotatable bonds is 3. The number of halogens is 2. The minimum atomic E-state index is -0.257. The maximum absolute atomic E-state index is 12.1. The molecule has 0 saturated heterocycles. The zero-order valence-corrected chi connectivity index (χ0v) is 17.2. The summed E-state index contributed by atoms with van der Waals surface area (Å²) in [5, 5.41) is 8.66. The first kappa shape index (κ1) is 18.9. The normalized spacial score (nSPS) is 10.8. The summed E-state index contributed by atoms with van der Waals surface area (Å²) in [6.07, 6.45) is 0. The van der Waals surface area contributed by atoms with Crippen LogP contribution in [0.3, 0.4) is 0 Å². The van der Waals surface area contributed by atoms with Crippen molar-refractivity contribution in [1.29, 1.82) is 0 Å². The highest BCUT2D eigenvalue weighted by Crippen LogP contribution is 2.32. The fourth-order valence-corrected chi connectivity index (χ4v) is 3.72. The molecule has 4 rings (SSSR count). The van der Waals surface area contributed by atoms with Gasteiger partial charge in [0.05, 0.1) is 15.5 Å². The van der Waals surface area contributed by atoms with E-state index >= 15 is 0 Å². The molecule has 0 bridgehead atoms. The van der Waals surface area contributed by atoms with E-state index in [1.54, 1.807) is 48.5 Å². The van der Waals surface area contributed by atoms with Gasteiger partial charge in [0.1, 0.15) is 5.52 Å². The number of amides is 1. The maximum atomic E-state index is 12.1. The van der Waals surface area contributed by atoms with Crippen LogP contribution in [-0.4, -0.2) is 16.0 Å². The van der Waals surface area contributed by atoms with Crippen LogP contribution in [0.4, 0.5) is 5.69 Å². The van der Waals surface area contributed by atoms with Crippen molar-refractivity contribution in [2.24, 2.45) is 0 Å². The SMILES string of the molecule is O=C(NC(=S)Nc1ccc2oc(-c3cc(Cl)ccc3Cl)nc2c1)c1cccs1. The molecule has 0 fully saturated rings. The van der Waals surface area contributed by atoms with Gasteiger partial charge in [-0.25, -0.2) is 4.98 Å². The highest BCUT2D eigenvalue weighted by Gasteiger charge is 2.14. The van der Waals surface area contributed by atoms with Gasteiger partial charge in [0.25, 0.3) is 5.91 Å². The van der Waals surface area contributed by atoms with Crippen molar-refractivity contribution in [3.8, 4) is 11.5 Å². The number of oxazole rings is 1. The Balaban J connectivity index is 1.54. The van der Waals surface area contributed by atoms with Crippen molar-refractivity contribution in [3.63, 3.8) is 0 Å². The lowest BCUT2D eigenvalue weighted by Gasteiger charge is -2.08. The molecule has 0 saturated carbocycles. The summed E-state index contributed by atoms with van der Waals surface area (Å²) in [5.74, 6) is 0.112. The van der Waals surface area contributed by atoms with Gasteiger partial charge in [0.15, 0.2) is 10.7 Å². The molecule has 0 aliphatic carbocycles. The molecule has 2 aromatic carbocycles. The number of anilines is 1. The molecule has 0 spiro atoms. The lowest BCUT2D eigenvalue weighted by Crippen LogP contribution is -2.33. The number of thiocarbonyl (C=S) groups is 1. The number of hydrogen-bond acceptors (Lipinski definition) is 5. The van der Waals surface area contributed by atoms with E-state index in [1.165, 1.54) is 11.3 Å². The van der Waals surface area contributed by atoms with E-state index in [-0.39, 0.29) is 11.0 Å². The summed E-state index contributed by atoms with van der Waals surface area (Å²) in [6.45, 7) is 0. The molecule has 0 aliphatic heterocycles. The summed E-state index contributed by atoms with van der Waals surface area (Å²) in [7, 11) is 0. The van der Waals surface area contributed by atoms with Gasteiger partial charge in [-0.2, -0.15) is 0 Å². The quantitative estimate of drug-likeness (QED) is 0.377. The molecule has 4 aromatic rings. The number of nitrogens with zero attached hydrogens (tertiary/aromatic N) is 1. The van der Waals surface area contributed by atoms with Crippen molar-refractivity contribution in [2.75, 3.05) is 5.32 Å². The van der Waals surface area contributed by atoms with E-state index in [4.69, 9.17) is 39.8 Å².